The molecule has 1 aliphatic rings. The molecule has 0 aromatic heterocycles. The van der Waals surface area contributed by atoms with Crippen LogP contribution in [0.5, 0.6) is 0 Å². The molecule has 0 saturated heterocycles. The van der Waals surface area contributed by atoms with Crippen molar-refractivity contribution in [1.29, 1.82) is 0 Å². The van der Waals surface area contributed by atoms with Gasteiger partial charge in [0.15, 0.2) is 0 Å². The van der Waals surface area contributed by atoms with E-state index < -0.39 is 5.60 Å². The smallest absolute Gasteiger partial charge is 0.0699 e. The second-order valence-corrected chi connectivity index (χ2v) is 4.89. The summed E-state index contributed by atoms with van der Waals surface area (Å²) in [7, 11) is 1.71. The van der Waals surface area contributed by atoms with Gasteiger partial charge in [0, 0.05) is 13.7 Å². The first-order valence-electron chi connectivity index (χ1n) is 5.15. The third kappa shape index (κ3) is 2.05. The van der Waals surface area contributed by atoms with E-state index in [0.717, 1.165) is 25.9 Å². The SMILES string of the molecule is COCCC(C)C(C)(O)C1(C)CC1. The summed E-state index contributed by atoms with van der Waals surface area (Å²) in [5.41, 5.74) is -0.355. The maximum absolute atomic E-state index is 10.4. The maximum atomic E-state index is 10.4. The van der Waals surface area contributed by atoms with Gasteiger partial charge in [0.2, 0.25) is 0 Å². The molecule has 0 heterocycles. The van der Waals surface area contributed by atoms with Crippen LogP contribution in [-0.4, -0.2) is 24.4 Å². The molecular formula is C11H22O2. The zero-order valence-electron chi connectivity index (χ0n) is 9.26. The summed E-state index contributed by atoms with van der Waals surface area (Å²) < 4.78 is 5.03. The molecule has 2 atom stereocenters. The Morgan fingerprint density at radius 2 is 2.08 bits per heavy atom. The fourth-order valence-corrected chi connectivity index (χ4v) is 1.86. The summed E-state index contributed by atoms with van der Waals surface area (Å²) in [6, 6.07) is 0. The van der Waals surface area contributed by atoms with Crippen LogP contribution >= 0.6 is 0 Å². The first kappa shape index (κ1) is 11.0. The average molecular weight is 186 g/mol. The Bertz CT molecular complexity index is 171. The lowest BCUT2D eigenvalue weighted by Crippen LogP contribution is -2.41. The predicted octanol–water partition coefficient (Wildman–Crippen LogP) is 2.21. The van der Waals surface area contributed by atoms with Crippen molar-refractivity contribution in [3.05, 3.63) is 0 Å². The largest absolute Gasteiger partial charge is 0.389 e. The second kappa shape index (κ2) is 3.58. The lowest BCUT2D eigenvalue weighted by Gasteiger charge is -2.36. The van der Waals surface area contributed by atoms with Crippen LogP contribution in [0, 0.1) is 11.3 Å². The third-order valence-corrected chi connectivity index (χ3v) is 3.94. The van der Waals surface area contributed by atoms with Crippen LogP contribution in [0.3, 0.4) is 0 Å². The topological polar surface area (TPSA) is 29.5 Å². The van der Waals surface area contributed by atoms with Gasteiger partial charge in [-0.3, -0.25) is 0 Å². The molecule has 2 heteroatoms. The minimum atomic E-state index is -0.522. The molecule has 0 aromatic rings. The molecule has 1 saturated carbocycles. The van der Waals surface area contributed by atoms with Gasteiger partial charge in [-0.25, -0.2) is 0 Å². The highest BCUT2D eigenvalue weighted by atomic mass is 16.5. The molecule has 0 aliphatic heterocycles. The van der Waals surface area contributed by atoms with Gasteiger partial charge >= 0.3 is 0 Å². The van der Waals surface area contributed by atoms with E-state index in [0.29, 0.717) is 5.92 Å². The number of hydrogen-bond donors (Lipinski definition) is 1. The van der Waals surface area contributed by atoms with Crippen LogP contribution in [0.1, 0.15) is 40.0 Å². The van der Waals surface area contributed by atoms with Gasteiger partial charge in [0.25, 0.3) is 0 Å². The highest BCUT2D eigenvalue weighted by Crippen LogP contribution is 2.56. The monoisotopic (exact) mass is 186 g/mol. The van der Waals surface area contributed by atoms with Crippen molar-refractivity contribution < 1.29 is 9.84 Å². The quantitative estimate of drug-likeness (QED) is 0.713. The van der Waals surface area contributed by atoms with E-state index in [-0.39, 0.29) is 5.41 Å². The number of ether oxygens (including phenoxy) is 1. The van der Waals surface area contributed by atoms with Crippen molar-refractivity contribution in [2.45, 2.75) is 45.6 Å². The lowest BCUT2D eigenvalue weighted by molar-refractivity contribution is -0.0621. The Balaban J connectivity index is 2.48. The van der Waals surface area contributed by atoms with Crippen molar-refractivity contribution in [2.75, 3.05) is 13.7 Å². The Morgan fingerprint density at radius 1 is 1.54 bits per heavy atom. The zero-order valence-corrected chi connectivity index (χ0v) is 9.26. The number of hydrogen-bond acceptors (Lipinski definition) is 2. The van der Waals surface area contributed by atoms with Gasteiger partial charge < -0.3 is 9.84 Å². The highest BCUT2D eigenvalue weighted by Gasteiger charge is 2.54. The van der Waals surface area contributed by atoms with E-state index in [1.807, 2.05) is 6.92 Å². The van der Waals surface area contributed by atoms with Crippen LogP contribution < -0.4 is 0 Å². The molecule has 0 amide bonds. The van der Waals surface area contributed by atoms with Crippen LogP contribution in [0.2, 0.25) is 0 Å². The van der Waals surface area contributed by atoms with Crippen molar-refractivity contribution in [2.24, 2.45) is 11.3 Å². The summed E-state index contributed by atoms with van der Waals surface area (Å²) in [5.74, 6) is 0.319. The van der Waals surface area contributed by atoms with E-state index in [4.69, 9.17) is 4.74 Å². The van der Waals surface area contributed by atoms with E-state index in [9.17, 15) is 5.11 Å². The van der Waals surface area contributed by atoms with Crippen LogP contribution in [-0.2, 0) is 4.74 Å². The van der Waals surface area contributed by atoms with Crippen molar-refractivity contribution >= 4 is 0 Å². The van der Waals surface area contributed by atoms with Crippen molar-refractivity contribution in [1.82, 2.24) is 0 Å². The van der Waals surface area contributed by atoms with Crippen LogP contribution in [0.25, 0.3) is 0 Å². The van der Waals surface area contributed by atoms with E-state index in [2.05, 4.69) is 13.8 Å². The fourth-order valence-electron chi connectivity index (χ4n) is 1.86. The Hall–Kier alpha value is -0.0800. The highest BCUT2D eigenvalue weighted by molar-refractivity contribution is 5.04. The van der Waals surface area contributed by atoms with Crippen molar-refractivity contribution in [3.8, 4) is 0 Å². The summed E-state index contributed by atoms with van der Waals surface area (Å²) >= 11 is 0. The molecule has 1 rings (SSSR count). The summed E-state index contributed by atoms with van der Waals surface area (Å²) in [4.78, 5) is 0. The molecule has 1 fully saturated rings. The summed E-state index contributed by atoms with van der Waals surface area (Å²) in [6.07, 6.45) is 3.27. The molecule has 78 valence electrons. The minimum Gasteiger partial charge on any atom is -0.389 e. The Labute approximate surface area is 81.3 Å². The van der Waals surface area contributed by atoms with E-state index in [1.54, 1.807) is 7.11 Å². The van der Waals surface area contributed by atoms with Gasteiger partial charge in [0.05, 0.1) is 5.60 Å². The molecule has 0 aromatic carbocycles. The van der Waals surface area contributed by atoms with Gasteiger partial charge in [-0.15, -0.1) is 0 Å². The van der Waals surface area contributed by atoms with E-state index >= 15 is 0 Å². The molecule has 0 spiro atoms. The predicted molar refractivity (Wildman–Crippen MR) is 53.6 cm³/mol. The van der Waals surface area contributed by atoms with Crippen molar-refractivity contribution in [3.63, 3.8) is 0 Å². The van der Waals surface area contributed by atoms with Crippen LogP contribution in [0.4, 0.5) is 0 Å². The third-order valence-electron chi connectivity index (χ3n) is 3.94. The summed E-state index contributed by atoms with van der Waals surface area (Å²) in [5, 5.41) is 10.4. The lowest BCUT2D eigenvalue weighted by atomic mass is 9.76. The second-order valence-electron chi connectivity index (χ2n) is 4.89. The first-order chi connectivity index (χ1) is 5.94. The number of aliphatic hydroxyl groups is 1. The molecule has 1 N–H and O–H groups in total. The molecular weight excluding hydrogens is 164 g/mol. The minimum absolute atomic E-state index is 0.167. The standard InChI is InChI=1S/C11H22O2/c1-9(5-8-13-4)11(3,12)10(2)6-7-10/h9,12H,5-8H2,1-4H3. The molecule has 1 aliphatic carbocycles. The molecule has 13 heavy (non-hydrogen) atoms. The Kier molecular flexibility index (Phi) is 3.03. The zero-order chi connectivity index (χ0) is 10.1. The van der Waals surface area contributed by atoms with Crippen LogP contribution in [0.15, 0.2) is 0 Å². The van der Waals surface area contributed by atoms with Gasteiger partial charge in [-0.1, -0.05) is 13.8 Å². The normalized spacial score (nSPS) is 26.5. The van der Waals surface area contributed by atoms with Gasteiger partial charge in [0.1, 0.15) is 0 Å². The molecule has 0 radical (unpaired) electrons. The summed E-state index contributed by atoms with van der Waals surface area (Å²) in [6.45, 7) is 7.01. The molecule has 2 nitrogen and oxygen atoms in total. The maximum Gasteiger partial charge on any atom is 0.0699 e. The van der Waals surface area contributed by atoms with Gasteiger partial charge in [-0.05, 0) is 37.5 Å². The molecule has 0 bridgehead atoms. The molecule has 2 unspecified atom stereocenters. The first-order valence-corrected chi connectivity index (χ1v) is 5.15. The number of rotatable bonds is 5. The van der Waals surface area contributed by atoms with Gasteiger partial charge in [-0.2, -0.15) is 0 Å². The average Bonchev–Trinajstić information content (AvgIpc) is 2.80. The fraction of sp³-hybridized carbons (Fsp3) is 1.00. The number of methoxy groups -OCH3 is 1. The Morgan fingerprint density at radius 3 is 2.46 bits per heavy atom. The van der Waals surface area contributed by atoms with E-state index in [1.165, 1.54) is 0 Å².